The average Bonchev–Trinajstić information content (AvgIpc) is 2.97. The van der Waals surface area contributed by atoms with Crippen molar-refractivity contribution in [1.82, 2.24) is 21.7 Å². The van der Waals surface area contributed by atoms with Crippen molar-refractivity contribution in [3.8, 4) is 0 Å². The van der Waals surface area contributed by atoms with Gasteiger partial charge in [0.05, 0.1) is 0 Å². The Balaban J connectivity index is 1.33. The van der Waals surface area contributed by atoms with Gasteiger partial charge in [0, 0.05) is 48.2 Å². The number of nitrogens with one attached hydrogen (secondary N) is 6. The molecule has 3 aromatic carbocycles. The van der Waals surface area contributed by atoms with E-state index in [-0.39, 0.29) is 48.6 Å². The van der Waals surface area contributed by atoms with Crippen LogP contribution in [0.4, 0.5) is 11.4 Å². The molecule has 12 nitrogen and oxygen atoms in total. The molecule has 0 aliphatic carbocycles. The van der Waals surface area contributed by atoms with Crippen LogP contribution in [-0.4, -0.2) is 35.4 Å². The number of carbonyl (C=O) groups excluding carboxylic acids is 6. The number of para-hydroxylation sites is 2. The third-order valence-corrected chi connectivity index (χ3v) is 5.31. The van der Waals surface area contributed by atoms with Gasteiger partial charge in [0.2, 0.25) is 23.6 Å². The fourth-order valence-electron chi connectivity index (χ4n) is 3.24. The zero-order valence-electron chi connectivity index (χ0n) is 21.4. The van der Waals surface area contributed by atoms with Gasteiger partial charge >= 0.3 is 0 Å². The number of anilines is 2. The van der Waals surface area contributed by atoms with Gasteiger partial charge in [-0.25, -0.2) is 0 Å². The highest BCUT2D eigenvalue weighted by atomic mass is 16.2. The van der Waals surface area contributed by atoms with Crippen LogP contribution >= 0.6 is 0 Å². The molecule has 12 heteroatoms. The minimum absolute atomic E-state index is 0.0716. The molecule has 6 N–H and O–H groups in total. The highest BCUT2D eigenvalue weighted by Gasteiger charge is 2.13. The largest absolute Gasteiger partial charge is 0.326 e. The van der Waals surface area contributed by atoms with Gasteiger partial charge < -0.3 is 10.6 Å². The van der Waals surface area contributed by atoms with Crippen molar-refractivity contribution in [3.63, 3.8) is 0 Å². The highest BCUT2D eigenvalue weighted by molar-refractivity contribution is 5.99. The summed E-state index contributed by atoms with van der Waals surface area (Å²) < 4.78 is 0. The van der Waals surface area contributed by atoms with Crippen LogP contribution in [0.5, 0.6) is 0 Å². The smallest absolute Gasteiger partial charge is 0.269 e. The molecule has 0 saturated heterocycles. The number of benzene rings is 3. The molecule has 6 amide bonds. The minimum Gasteiger partial charge on any atom is -0.326 e. The van der Waals surface area contributed by atoms with Crippen molar-refractivity contribution in [2.45, 2.75) is 25.7 Å². The maximum Gasteiger partial charge on any atom is 0.269 e. The molecule has 3 aromatic rings. The maximum atomic E-state index is 12.3. The van der Waals surface area contributed by atoms with Gasteiger partial charge in [0.25, 0.3) is 11.8 Å². The lowest BCUT2D eigenvalue weighted by atomic mass is 10.1. The first-order valence-electron chi connectivity index (χ1n) is 12.3. The van der Waals surface area contributed by atoms with E-state index >= 15 is 0 Å². The molecule has 206 valence electrons. The molecule has 40 heavy (non-hydrogen) atoms. The Morgan fingerprint density at radius 1 is 0.400 bits per heavy atom. The molecule has 0 atom stereocenters. The summed E-state index contributed by atoms with van der Waals surface area (Å²) in [6.07, 6.45) is -0.418. The first-order chi connectivity index (χ1) is 19.3. The van der Waals surface area contributed by atoms with E-state index in [1.807, 2.05) is 12.1 Å². The van der Waals surface area contributed by atoms with Gasteiger partial charge in [-0.3, -0.25) is 50.5 Å². The van der Waals surface area contributed by atoms with Crippen molar-refractivity contribution in [2.75, 3.05) is 10.6 Å². The van der Waals surface area contributed by atoms with E-state index < -0.39 is 23.6 Å². The Bertz CT molecular complexity index is 1240. The monoisotopic (exact) mass is 544 g/mol. The molecule has 0 bridgehead atoms. The number of hydrogen-bond donors (Lipinski definition) is 6. The summed E-state index contributed by atoms with van der Waals surface area (Å²) in [4.78, 5) is 72.3. The van der Waals surface area contributed by atoms with Crippen LogP contribution in [-0.2, 0) is 19.2 Å². The minimum atomic E-state index is -0.629. The second-order valence-corrected chi connectivity index (χ2v) is 8.41. The van der Waals surface area contributed by atoms with Crippen LogP contribution in [0, 0.1) is 0 Å². The predicted molar refractivity (Wildman–Crippen MR) is 146 cm³/mol. The molecular weight excluding hydrogens is 516 g/mol. The Morgan fingerprint density at radius 3 is 1.07 bits per heavy atom. The number of rotatable bonds is 10. The molecule has 0 fully saturated rings. The van der Waals surface area contributed by atoms with Gasteiger partial charge in [0.1, 0.15) is 0 Å². The van der Waals surface area contributed by atoms with Crippen LogP contribution in [0.15, 0.2) is 84.9 Å². The van der Waals surface area contributed by atoms with Crippen molar-refractivity contribution in [1.29, 1.82) is 0 Å². The summed E-state index contributed by atoms with van der Waals surface area (Å²) >= 11 is 0. The molecule has 0 aliphatic heterocycles. The topological polar surface area (TPSA) is 175 Å². The van der Waals surface area contributed by atoms with Crippen molar-refractivity contribution < 1.29 is 28.8 Å². The molecule has 0 saturated carbocycles. The van der Waals surface area contributed by atoms with Crippen molar-refractivity contribution >= 4 is 46.8 Å². The average molecular weight is 545 g/mol. The van der Waals surface area contributed by atoms with Gasteiger partial charge in [-0.15, -0.1) is 0 Å². The van der Waals surface area contributed by atoms with E-state index in [1.165, 1.54) is 24.3 Å². The fourth-order valence-corrected chi connectivity index (χ4v) is 3.24. The predicted octanol–water partition coefficient (Wildman–Crippen LogP) is 2.05. The van der Waals surface area contributed by atoms with Gasteiger partial charge in [-0.2, -0.15) is 0 Å². The SMILES string of the molecule is O=C(CCC(=O)Nc1ccccc1)NNC(=O)c1ccc(C(=O)NNC(=O)CCC(=O)Nc2ccccc2)cc1. The third kappa shape index (κ3) is 10.1. The number of carbonyl (C=O) groups is 6. The summed E-state index contributed by atoms with van der Waals surface area (Å²) in [7, 11) is 0. The summed E-state index contributed by atoms with van der Waals surface area (Å²) in [5, 5.41) is 5.32. The Kier molecular flexibility index (Phi) is 10.9. The van der Waals surface area contributed by atoms with E-state index in [0.29, 0.717) is 11.4 Å². The lowest BCUT2D eigenvalue weighted by Gasteiger charge is -2.09. The first kappa shape index (κ1) is 29.0. The number of hydrazine groups is 2. The molecule has 3 rings (SSSR count). The molecule has 0 aliphatic rings. The molecule has 0 radical (unpaired) electrons. The van der Waals surface area contributed by atoms with Crippen LogP contribution < -0.4 is 32.3 Å². The lowest BCUT2D eigenvalue weighted by molar-refractivity contribution is -0.125. The van der Waals surface area contributed by atoms with Crippen LogP contribution in [0.1, 0.15) is 46.4 Å². The van der Waals surface area contributed by atoms with Crippen LogP contribution in [0.2, 0.25) is 0 Å². The Morgan fingerprint density at radius 2 is 0.725 bits per heavy atom. The molecule has 0 aromatic heterocycles. The second-order valence-electron chi connectivity index (χ2n) is 8.41. The summed E-state index contributed by atoms with van der Waals surface area (Å²) in [5.74, 6) is -3.05. The van der Waals surface area contributed by atoms with Crippen molar-refractivity contribution in [3.05, 3.63) is 96.1 Å². The standard InChI is InChI=1S/C28H28N6O6/c35-23(29-21-7-3-1-4-8-21)15-17-25(37)31-33-27(39)19-11-13-20(14-12-19)28(40)34-32-26(38)18-16-24(36)30-22-9-5-2-6-10-22/h1-14H,15-18H2,(H,29,35)(H,30,36)(H,31,37)(H,32,38)(H,33,39)(H,34,40). The number of amides is 6. The lowest BCUT2D eigenvalue weighted by Crippen LogP contribution is -2.42. The molecule has 0 heterocycles. The van der Waals surface area contributed by atoms with Crippen LogP contribution in [0.3, 0.4) is 0 Å². The third-order valence-electron chi connectivity index (χ3n) is 5.31. The van der Waals surface area contributed by atoms with E-state index in [2.05, 4.69) is 32.3 Å². The van der Waals surface area contributed by atoms with Gasteiger partial charge in [-0.05, 0) is 48.5 Å². The Labute approximate surface area is 229 Å². The number of hydrogen-bond acceptors (Lipinski definition) is 6. The van der Waals surface area contributed by atoms with Gasteiger partial charge in [0.15, 0.2) is 0 Å². The quantitative estimate of drug-likeness (QED) is 0.213. The zero-order valence-corrected chi connectivity index (χ0v) is 21.4. The summed E-state index contributed by atoms with van der Waals surface area (Å²) in [6, 6.07) is 23.0. The Hall–Kier alpha value is -5.52. The van der Waals surface area contributed by atoms with E-state index in [1.54, 1.807) is 48.5 Å². The molecule has 0 spiro atoms. The van der Waals surface area contributed by atoms with E-state index in [9.17, 15) is 28.8 Å². The normalized spacial score (nSPS) is 10.0. The van der Waals surface area contributed by atoms with E-state index in [0.717, 1.165) is 0 Å². The second kappa shape index (κ2) is 15.0. The van der Waals surface area contributed by atoms with E-state index in [4.69, 9.17) is 0 Å². The molecule has 0 unspecified atom stereocenters. The summed E-state index contributed by atoms with van der Waals surface area (Å²) in [6.45, 7) is 0. The summed E-state index contributed by atoms with van der Waals surface area (Å²) in [5.41, 5.74) is 10.5. The van der Waals surface area contributed by atoms with Crippen molar-refractivity contribution in [2.24, 2.45) is 0 Å². The first-order valence-corrected chi connectivity index (χ1v) is 12.3. The zero-order chi connectivity index (χ0) is 28.7. The van der Waals surface area contributed by atoms with Crippen LogP contribution in [0.25, 0.3) is 0 Å². The van der Waals surface area contributed by atoms with Gasteiger partial charge in [-0.1, -0.05) is 36.4 Å². The molecular formula is C28H28N6O6. The maximum absolute atomic E-state index is 12.3. The fraction of sp³-hybridized carbons (Fsp3) is 0.143. The highest BCUT2D eigenvalue weighted by Crippen LogP contribution is 2.08.